The Morgan fingerprint density at radius 1 is 1.17 bits per heavy atom. The number of methoxy groups -OCH3 is 2. The summed E-state index contributed by atoms with van der Waals surface area (Å²) in [6, 6.07) is 4.59. The summed E-state index contributed by atoms with van der Waals surface area (Å²) in [6.45, 7) is 2.22. The van der Waals surface area contributed by atoms with Crippen molar-refractivity contribution in [3.63, 3.8) is 0 Å². The molecule has 1 heterocycles. The number of amides is 1. The molecule has 7 nitrogen and oxygen atoms in total. The van der Waals surface area contributed by atoms with Crippen LogP contribution in [-0.2, 0) is 14.8 Å². The second kappa shape index (κ2) is 7.18. The fourth-order valence-corrected chi connectivity index (χ4v) is 4.14. The third kappa shape index (κ3) is 3.94. The first-order valence-corrected chi connectivity index (χ1v) is 8.81. The number of ether oxygens (including phenoxy) is 2. The minimum atomic E-state index is -3.59. The molecule has 1 aliphatic rings. The third-order valence-corrected chi connectivity index (χ3v) is 5.75. The predicted molar refractivity (Wildman–Crippen MR) is 85.1 cm³/mol. The highest BCUT2D eigenvalue weighted by molar-refractivity contribution is 7.89. The largest absolute Gasteiger partial charge is 0.493 e. The van der Waals surface area contributed by atoms with Crippen LogP contribution in [0, 0.1) is 0 Å². The monoisotopic (exact) mass is 342 g/mol. The first-order chi connectivity index (χ1) is 10.9. The van der Waals surface area contributed by atoms with E-state index in [1.165, 1.54) is 37.6 Å². The maximum atomic E-state index is 12.7. The van der Waals surface area contributed by atoms with Crippen molar-refractivity contribution in [2.45, 2.75) is 30.7 Å². The summed E-state index contributed by atoms with van der Waals surface area (Å²) in [5, 5.41) is 2.83. The molecule has 0 radical (unpaired) electrons. The van der Waals surface area contributed by atoms with Gasteiger partial charge < -0.3 is 14.8 Å². The summed E-state index contributed by atoms with van der Waals surface area (Å²) in [4.78, 5) is 11.2. The van der Waals surface area contributed by atoms with Gasteiger partial charge in [0.05, 0.1) is 19.1 Å². The standard InChI is InChI=1S/C15H22N2O5S/c1-11(18)16-12-6-8-17(9-7-12)23(19,20)13-4-5-14(21-2)15(10-13)22-3/h4-5,10,12H,6-9H2,1-3H3,(H,16,18). The molecule has 1 amide bonds. The maximum absolute atomic E-state index is 12.7. The number of benzene rings is 1. The van der Waals surface area contributed by atoms with Gasteiger partial charge in [-0.25, -0.2) is 8.42 Å². The van der Waals surface area contributed by atoms with Crippen LogP contribution < -0.4 is 14.8 Å². The number of piperidine rings is 1. The van der Waals surface area contributed by atoms with Gasteiger partial charge >= 0.3 is 0 Å². The fourth-order valence-electron chi connectivity index (χ4n) is 2.65. The Bertz CT molecular complexity index is 666. The normalized spacial score (nSPS) is 16.8. The lowest BCUT2D eigenvalue weighted by molar-refractivity contribution is -0.119. The van der Waals surface area contributed by atoms with Crippen molar-refractivity contribution in [2.24, 2.45) is 0 Å². The average molecular weight is 342 g/mol. The quantitative estimate of drug-likeness (QED) is 0.863. The third-order valence-electron chi connectivity index (χ3n) is 3.85. The van der Waals surface area contributed by atoms with Crippen LogP contribution in [0.5, 0.6) is 11.5 Å². The summed E-state index contributed by atoms with van der Waals surface area (Å²) in [6.07, 6.45) is 1.21. The van der Waals surface area contributed by atoms with E-state index < -0.39 is 10.0 Å². The Morgan fingerprint density at radius 3 is 2.30 bits per heavy atom. The molecule has 1 N–H and O–H groups in total. The number of carbonyl (C=O) groups is 1. The van der Waals surface area contributed by atoms with Crippen LogP contribution in [0.2, 0.25) is 0 Å². The van der Waals surface area contributed by atoms with E-state index in [0.717, 1.165) is 0 Å². The summed E-state index contributed by atoms with van der Waals surface area (Å²) < 4.78 is 37.2. The summed E-state index contributed by atoms with van der Waals surface area (Å²) in [5.74, 6) is 0.767. The van der Waals surface area contributed by atoms with Gasteiger partial charge in [-0.3, -0.25) is 4.79 Å². The highest BCUT2D eigenvalue weighted by Crippen LogP contribution is 2.31. The number of rotatable bonds is 5. The fraction of sp³-hybridized carbons (Fsp3) is 0.533. The van der Waals surface area contributed by atoms with Gasteiger partial charge in [0.1, 0.15) is 0 Å². The van der Waals surface area contributed by atoms with E-state index in [9.17, 15) is 13.2 Å². The number of carbonyl (C=O) groups excluding carboxylic acids is 1. The zero-order valence-corrected chi connectivity index (χ0v) is 14.4. The molecule has 0 saturated carbocycles. The van der Waals surface area contributed by atoms with E-state index in [1.54, 1.807) is 6.07 Å². The SMILES string of the molecule is COc1ccc(S(=O)(=O)N2CCC(NC(C)=O)CC2)cc1OC. The van der Waals surface area contributed by atoms with Gasteiger partial charge in [-0.2, -0.15) is 4.31 Å². The minimum Gasteiger partial charge on any atom is -0.493 e. The van der Waals surface area contributed by atoms with Crippen LogP contribution >= 0.6 is 0 Å². The van der Waals surface area contributed by atoms with Gasteiger partial charge in [-0.1, -0.05) is 0 Å². The zero-order valence-electron chi connectivity index (χ0n) is 13.5. The van der Waals surface area contributed by atoms with Crippen molar-refractivity contribution in [1.82, 2.24) is 9.62 Å². The molecule has 1 aromatic carbocycles. The van der Waals surface area contributed by atoms with E-state index in [4.69, 9.17) is 9.47 Å². The Labute approximate surface area is 136 Å². The zero-order chi connectivity index (χ0) is 17.0. The number of nitrogens with zero attached hydrogens (tertiary/aromatic N) is 1. The molecule has 0 spiro atoms. The van der Waals surface area contributed by atoms with Gasteiger partial charge in [0.25, 0.3) is 0 Å². The van der Waals surface area contributed by atoms with Crippen LogP contribution in [0.3, 0.4) is 0 Å². The molecule has 1 aliphatic heterocycles. The Morgan fingerprint density at radius 2 is 1.78 bits per heavy atom. The first kappa shape index (κ1) is 17.6. The molecule has 0 atom stereocenters. The van der Waals surface area contributed by atoms with Crippen LogP contribution in [0.1, 0.15) is 19.8 Å². The van der Waals surface area contributed by atoms with Crippen LogP contribution in [0.4, 0.5) is 0 Å². The highest BCUT2D eigenvalue weighted by atomic mass is 32.2. The van der Waals surface area contributed by atoms with Crippen LogP contribution in [0.15, 0.2) is 23.1 Å². The van der Waals surface area contributed by atoms with E-state index >= 15 is 0 Å². The van der Waals surface area contributed by atoms with Crippen molar-refractivity contribution >= 4 is 15.9 Å². The molecule has 1 saturated heterocycles. The lowest BCUT2D eigenvalue weighted by Crippen LogP contribution is -2.45. The van der Waals surface area contributed by atoms with E-state index in [1.807, 2.05) is 0 Å². The second-order valence-electron chi connectivity index (χ2n) is 5.40. The van der Waals surface area contributed by atoms with E-state index in [0.29, 0.717) is 37.4 Å². The van der Waals surface area contributed by atoms with Crippen molar-refractivity contribution < 1.29 is 22.7 Å². The summed E-state index contributed by atoms with van der Waals surface area (Å²) in [7, 11) is -0.622. The Kier molecular flexibility index (Phi) is 5.48. The molecule has 1 fully saturated rings. The minimum absolute atomic E-state index is 0.0318. The molecular formula is C15H22N2O5S. The lowest BCUT2D eigenvalue weighted by Gasteiger charge is -2.31. The molecule has 0 unspecified atom stereocenters. The Balaban J connectivity index is 2.15. The number of hydrogen-bond acceptors (Lipinski definition) is 5. The van der Waals surface area contributed by atoms with Crippen LogP contribution in [-0.4, -0.2) is 52.0 Å². The molecule has 8 heteroatoms. The molecule has 2 rings (SSSR count). The van der Waals surface area contributed by atoms with Gasteiger partial charge in [0.15, 0.2) is 11.5 Å². The molecule has 0 aliphatic carbocycles. The van der Waals surface area contributed by atoms with Gasteiger partial charge in [0, 0.05) is 32.1 Å². The smallest absolute Gasteiger partial charge is 0.243 e. The molecule has 0 aromatic heterocycles. The van der Waals surface area contributed by atoms with Gasteiger partial charge in [-0.15, -0.1) is 0 Å². The second-order valence-corrected chi connectivity index (χ2v) is 7.33. The Hall–Kier alpha value is -1.80. The van der Waals surface area contributed by atoms with Crippen molar-refractivity contribution in [3.05, 3.63) is 18.2 Å². The predicted octanol–water partition coefficient (Wildman–Crippen LogP) is 0.993. The summed E-state index contributed by atoms with van der Waals surface area (Å²) in [5.41, 5.74) is 0. The van der Waals surface area contributed by atoms with Gasteiger partial charge in [0.2, 0.25) is 15.9 Å². The van der Waals surface area contributed by atoms with Gasteiger partial charge in [-0.05, 0) is 25.0 Å². The molecule has 1 aromatic rings. The van der Waals surface area contributed by atoms with E-state index in [-0.39, 0.29) is 16.8 Å². The summed E-state index contributed by atoms with van der Waals surface area (Å²) >= 11 is 0. The maximum Gasteiger partial charge on any atom is 0.243 e. The molecule has 128 valence electrons. The molecule has 0 bridgehead atoms. The highest BCUT2D eigenvalue weighted by Gasteiger charge is 2.30. The number of sulfonamides is 1. The molecular weight excluding hydrogens is 320 g/mol. The lowest BCUT2D eigenvalue weighted by atomic mass is 10.1. The number of nitrogens with one attached hydrogen (secondary N) is 1. The van der Waals surface area contributed by atoms with Crippen molar-refractivity contribution in [2.75, 3.05) is 27.3 Å². The number of hydrogen-bond donors (Lipinski definition) is 1. The molecule has 23 heavy (non-hydrogen) atoms. The first-order valence-electron chi connectivity index (χ1n) is 7.37. The topological polar surface area (TPSA) is 84.9 Å². The van der Waals surface area contributed by atoms with Crippen molar-refractivity contribution in [1.29, 1.82) is 0 Å². The van der Waals surface area contributed by atoms with E-state index in [2.05, 4.69) is 5.32 Å². The average Bonchev–Trinajstić information content (AvgIpc) is 2.54. The van der Waals surface area contributed by atoms with Crippen LogP contribution in [0.25, 0.3) is 0 Å². The van der Waals surface area contributed by atoms with Crippen molar-refractivity contribution in [3.8, 4) is 11.5 Å².